The Morgan fingerprint density at radius 3 is 2.83 bits per heavy atom. The number of aliphatic hydroxyl groups is 1. The van der Waals surface area contributed by atoms with Crippen LogP contribution in [0.2, 0.25) is 0 Å². The third kappa shape index (κ3) is 3.14. The lowest BCUT2D eigenvalue weighted by Gasteiger charge is -2.10. The van der Waals surface area contributed by atoms with Crippen LogP contribution in [-0.4, -0.2) is 24.9 Å². The van der Waals surface area contributed by atoms with Gasteiger partial charge < -0.3 is 5.11 Å². The van der Waals surface area contributed by atoms with Crippen LogP contribution in [0.25, 0.3) is 0 Å². The molecule has 0 aromatic carbocycles. The number of hydrogen-bond donors (Lipinski definition) is 1. The highest BCUT2D eigenvalue weighted by Gasteiger charge is 2.16. The third-order valence-electron chi connectivity index (χ3n) is 2.53. The molecule has 2 heterocycles. The van der Waals surface area contributed by atoms with E-state index in [9.17, 15) is 5.11 Å². The van der Waals surface area contributed by atoms with Gasteiger partial charge in [-0.15, -0.1) is 11.3 Å². The number of aromatic nitrogens is 4. The third-order valence-corrected chi connectivity index (χ3v) is 3.60. The van der Waals surface area contributed by atoms with Crippen molar-refractivity contribution in [2.24, 2.45) is 5.92 Å². The average Bonchev–Trinajstić information content (AvgIpc) is 2.88. The molecule has 2 rings (SSSR count). The van der Waals surface area contributed by atoms with Crippen LogP contribution in [0.4, 0.5) is 0 Å². The van der Waals surface area contributed by atoms with Crippen LogP contribution >= 0.6 is 11.3 Å². The minimum absolute atomic E-state index is 0.458. The van der Waals surface area contributed by atoms with Crippen molar-refractivity contribution in [2.75, 3.05) is 0 Å². The molecule has 1 N–H and O–H groups in total. The first-order valence-corrected chi connectivity index (χ1v) is 6.91. The highest BCUT2D eigenvalue weighted by Crippen LogP contribution is 2.21. The number of aliphatic hydroxyl groups excluding tert-OH is 1. The summed E-state index contributed by atoms with van der Waals surface area (Å²) < 4.78 is 1.86. The van der Waals surface area contributed by atoms with Crippen molar-refractivity contribution in [3.63, 3.8) is 0 Å². The molecule has 0 spiro atoms. The van der Waals surface area contributed by atoms with E-state index in [0.717, 1.165) is 23.1 Å². The lowest BCUT2D eigenvalue weighted by molar-refractivity contribution is 0.173. The molecule has 0 bridgehead atoms. The van der Waals surface area contributed by atoms with Gasteiger partial charge in [0, 0.05) is 24.0 Å². The minimum Gasteiger partial charge on any atom is -0.385 e. The molecule has 2 aromatic rings. The van der Waals surface area contributed by atoms with Crippen molar-refractivity contribution in [3.05, 3.63) is 28.2 Å². The van der Waals surface area contributed by atoms with Crippen molar-refractivity contribution in [1.29, 1.82) is 0 Å². The molecule has 0 fully saturated rings. The second kappa shape index (κ2) is 5.58. The van der Waals surface area contributed by atoms with Crippen LogP contribution in [-0.2, 0) is 13.0 Å². The van der Waals surface area contributed by atoms with Crippen LogP contribution < -0.4 is 0 Å². The Bertz CT molecular complexity index is 506. The maximum atomic E-state index is 10.1. The van der Waals surface area contributed by atoms with Gasteiger partial charge in [0.05, 0.1) is 0 Å². The number of hydrogen-bond acceptors (Lipinski definition) is 5. The number of aryl methyl sites for hydroxylation is 1. The molecule has 0 aliphatic rings. The summed E-state index contributed by atoms with van der Waals surface area (Å²) in [4.78, 5) is 8.50. The van der Waals surface area contributed by atoms with Crippen molar-refractivity contribution in [1.82, 2.24) is 19.7 Å². The SMILES string of the molecule is Cc1csc(C(O)Cc2ncnn2CC(C)C)n1. The van der Waals surface area contributed by atoms with Gasteiger partial charge in [-0.25, -0.2) is 14.6 Å². The molecule has 1 atom stereocenters. The summed E-state index contributed by atoms with van der Waals surface area (Å²) >= 11 is 1.48. The molecule has 18 heavy (non-hydrogen) atoms. The predicted molar refractivity (Wildman–Crippen MR) is 70.4 cm³/mol. The van der Waals surface area contributed by atoms with Gasteiger partial charge in [0.25, 0.3) is 0 Å². The summed E-state index contributed by atoms with van der Waals surface area (Å²) in [5.74, 6) is 1.31. The Morgan fingerprint density at radius 1 is 1.44 bits per heavy atom. The zero-order chi connectivity index (χ0) is 13.1. The summed E-state index contributed by atoms with van der Waals surface area (Å²) in [6.45, 7) is 7.01. The van der Waals surface area contributed by atoms with E-state index in [1.807, 2.05) is 17.0 Å². The van der Waals surface area contributed by atoms with Crippen LogP contribution in [0, 0.1) is 12.8 Å². The molecular weight excluding hydrogens is 248 g/mol. The number of rotatable bonds is 5. The molecule has 1 unspecified atom stereocenters. The number of thiazole rings is 1. The molecule has 0 amide bonds. The highest BCUT2D eigenvalue weighted by molar-refractivity contribution is 7.09. The van der Waals surface area contributed by atoms with Crippen molar-refractivity contribution < 1.29 is 5.11 Å². The van der Waals surface area contributed by atoms with Crippen molar-refractivity contribution in [2.45, 2.75) is 39.8 Å². The van der Waals surface area contributed by atoms with Gasteiger partial charge in [-0.05, 0) is 12.8 Å². The molecule has 2 aromatic heterocycles. The van der Waals surface area contributed by atoms with E-state index in [2.05, 4.69) is 28.9 Å². The fourth-order valence-corrected chi connectivity index (χ4v) is 2.51. The molecule has 0 radical (unpaired) electrons. The zero-order valence-electron chi connectivity index (χ0n) is 10.9. The maximum absolute atomic E-state index is 10.1. The van der Waals surface area contributed by atoms with Gasteiger partial charge in [-0.3, -0.25) is 0 Å². The van der Waals surface area contributed by atoms with Crippen LogP contribution in [0.3, 0.4) is 0 Å². The average molecular weight is 266 g/mol. The fraction of sp³-hybridized carbons (Fsp3) is 0.583. The summed E-state index contributed by atoms with van der Waals surface area (Å²) in [5.41, 5.74) is 0.942. The van der Waals surface area contributed by atoms with Crippen molar-refractivity contribution in [3.8, 4) is 0 Å². The lowest BCUT2D eigenvalue weighted by atomic mass is 10.2. The van der Waals surface area contributed by atoms with E-state index in [-0.39, 0.29) is 0 Å². The van der Waals surface area contributed by atoms with Crippen molar-refractivity contribution >= 4 is 11.3 Å². The second-order valence-corrected chi connectivity index (χ2v) is 5.69. The molecule has 5 nitrogen and oxygen atoms in total. The minimum atomic E-state index is -0.598. The van der Waals surface area contributed by atoms with Crippen LogP contribution in [0.15, 0.2) is 11.7 Å². The Labute approximate surface area is 111 Å². The van der Waals surface area contributed by atoms with E-state index in [0.29, 0.717) is 12.3 Å². The first-order chi connectivity index (χ1) is 8.56. The molecule has 0 aliphatic carbocycles. The van der Waals surface area contributed by atoms with E-state index < -0.39 is 6.10 Å². The Kier molecular flexibility index (Phi) is 4.08. The van der Waals surface area contributed by atoms with Gasteiger partial charge in [-0.2, -0.15) is 5.10 Å². The molecule has 98 valence electrons. The van der Waals surface area contributed by atoms with E-state index >= 15 is 0 Å². The quantitative estimate of drug-likeness (QED) is 0.898. The van der Waals surface area contributed by atoms with E-state index in [4.69, 9.17) is 0 Å². The number of nitrogens with zero attached hydrogens (tertiary/aromatic N) is 4. The van der Waals surface area contributed by atoms with E-state index in [1.54, 1.807) is 0 Å². The van der Waals surface area contributed by atoms with Gasteiger partial charge in [0.15, 0.2) is 0 Å². The topological polar surface area (TPSA) is 63.8 Å². The molecule has 0 saturated carbocycles. The lowest BCUT2D eigenvalue weighted by Crippen LogP contribution is -2.13. The maximum Gasteiger partial charge on any atom is 0.138 e. The first kappa shape index (κ1) is 13.2. The Morgan fingerprint density at radius 2 is 2.22 bits per heavy atom. The summed E-state index contributed by atoms with van der Waals surface area (Å²) in [6.07, 6.45) is 1.40. The monoisotopic (exact) mass is 266 g/mol. The van der Waals surface area contributed by atoms with Gasteiger partial charge in [-0.1, -0.05) is 13.8 Å². The fourth-order valence-electron chi connectivity index (χ4n) is 1.73. The molecular formula is C12H18N4OS. The second-order valence-electron chi connectivity index (χ2n) is 4.80. The molecule has 6 heteroatoms. The normalized spacial score (nSPS) is 13.2. The van der Waals surface area contributed by atoms with Crippen LogP contribution in [0.5, 0.6) is 0 Å². The summed E-state index contributed by atoms with van der Waals surface area (Å²) in [6, 6.07) is 0. The van der Waals surface area contributed by atoms with E-state index in [1.165, 1.54) is 17.7 Å². The Balaban J connectivity index is 2.07. The first-order valence-electron chi connectivity index (χ1n) is 6.03. The van der Waals surface area contributed by atoms with Gasteiger partial charge in [0.2, 0.25) is 0 Å². The smallest absolute Gasteiger partial charge is 0.138 e. The van der Waals surface area contributed by atoms with Gasteiger partial charge in [0.1, 0.15) is 23.3 Å². The summed E-state index contributed by atoms with van der Waals surface area (Å²) in [5, 5.41) is 17.0. The molecule has 0 saturated heterocycles. The van der Waals surface area contributed by atoms with Crippen LogP contribution in [0.1, 0.15) is 36.5 Å². The predicted octanol–water partition coefficient (Wildman–Crippen LogP) is 1.98. The largest absolute Gasteiger partial charge is 0.385 e. The summed E-state index contributed by atoms with van der Waals surface area (Å²) in [7, 11) is 0. The van der Waals surface area contributed by atoms with Gasteiger partial charge >= 0.3 is 0 Å². The Hall–Kier alpha value is -1.27. The zero-order valence-corrected chi connectivity index (χ0v) is 11.7. The molecule has 0 aliphatic heterocycles. The highest BCUT2D eigenvalue weighted by atomic mass is 32.1. The standard InChI is InChI=1S/C12H18N4OS/c1-8(2)5-16-11(13-7-14-16)4-10(17)12-15-9(3)6-18-12/h6-8,10,17H,4-5H2,1-3H3.